The van der Waals surface area contributed by atoms with Gasteiger partial charge in [-0.15, -0.1) is 0 Å². The van der Waals surface area contributed by atoms with Crippen LogP contribution in [0.25, 0.3) is 11.1 Å². The number of nitrogens with two attached hydrogens (primary N) is 1. The van der Waals surface area contributed by atoms with Gasteiger partial charge >= 0.3 is 0 Å². The maximum atomic E-state index is 14.4. The topological polar surface area (TPSA) is 186 Å². The number of para-hydroxylation sites is 2. The fraction of sp³-hybridized carbons (Fsp3) is 0.436. The molecule has 13 nitrogen and oxygen atoms in total. The number of likely N-dealkylation sites (tertiary alicyclic amines) is 1. The lowest BCUT2D eigenvalue weighted by Gasteiger charge is -2.30. The smallest absolute Gasteiger partial charge is 0.266 e. The molecule has 2 saturated heterocycles. The molecule has 0 aliphatic carbocycles. The minimum Gasteiger partial charge on any atom is -0.434 e. The van der Waals surface area contributed by atoms with Crippen LogP contribution in [0.1, 0.15) is 59.5 Å². The Morgan fingerprint density at radius 1 is 1.02 bits per heavy atom. The fourth-order valence-corrected chi connectivity index (χ4v) is 8.05. The van der Waals surface area contributed by atoms with Gasteiger partial charge in [0.2, 0.25) is 27.6 Å². The van der Waals surface area contributed by atoms with Gasteiger partial charge in [0.15, 0.2) is 5.58 Å². The lowest BCUT2D eigenvalue weighted by atomic mass is 9.91. The minimum absolute atomic E-state index is 0.0437. The van der Waals surface area contributed by atoms with Gasteiger partial charge in [0.25, 0.3) is 5.89 Å². The van der Waals surface area contributed by atoms with Gasteiger partial charge in [0.05, 0.1) is 19.0 Å². The van der Waals surface area contributed by atoms with Crippen LogP contribution in [-0.2, 0) is 43.9 Å². The van der Waals surface area contributed by atoms with Gasteiger partial charge in [-0.25, -0.2) is 18.1 Å². The van der Waals surface area contributed by atoms with E-state index in [4.69, 9.17) is 26.5 Å². The Hall–Kier alpha value is -4.18. The van der Waals surface area contributed by atoms with Gasteiger partial charge in [-0.1, -0.05) is 60.1 Å². The van der Waals surface area contributed by atoms with Crippen LogP contribution in [-0.4, -0.2) is 86.0 Å². The molecule has 3 heterocycles. The zero-order chi connectivity index (χ0) is 38.2. The van der Waals surface area contributed by atoms with E-state index < -0.39 is 51.9 Å². The van der Waals surface area contributed by atoms with Crippen molar-refractivity contribution >= 4 is 50.3 Å². The SMILES string of the molecule is CS(=O)(=O)N[C@H](CCC1CCNCC1)C(=O)N1C[C@H](OCc2ccc(Cl)cc2)C[C@H]1C(=O)N[C@@H](Cc1cccc(CN)c1)C(=O)c1nc2ccccc2o1. The maximum absolute atomic E-state index is 14.4. The number of piperidine rings is 1. The molecule has 1 aromatic heterocycles. The number of ketones is 1. The molecule has 2 aliphatic heterocycles. The van der Waals surface area contributed by atoms with E-state index in [2.05, 4.69) is 20.3 Å². The summed E-state index contributed by atoms with van der Waals surface area (Å²) < 4.78 is 39.7. The largest absolute Gasteiger partial charge is 0.434 e. The number of sulfonamides is 1. The monoisotopic (exact) mass is 778 g/mol. The number of hydrogen-bond acceptors (Lipinski definition) is 10. The van der Waals surface area contributed by atoms with E-state index in [1.54, 1.807) is 36.4 Å². The number of rotatable bonds is 16. The average molecular weight is 779 g/mol. The van der Waals surface area contributed by atoms with Crippen molar-refractivity contribution in [3.05, 3.63) is 100 Å². The van der Waals surface area contributed by atoms with E-state index in [1.807, 2.05) is 36.4 Å². The number of carbonyl (C=O) groups is 3. The summed E-state index contributed by atoms with van der Waals surface area (Å²) in [6.07, 6.45) is 3.46. The molecule has 0 saturated carbocycles. The zero-order valence-electron chi connectivity index (χ0n) is 30.2. The first kappa shape index (κ1) is 39.5. The summed E-state index contributed by atoms with van der Waals surface area (Å²) in [5, 5.41) is 6.82. The van der Waals surface area contributed by atoms with Crippen LogP contribution in [0.3, 0.4) is 0 Å². The summed E-state index contributed by atoms with van der Waals surface area (Å²) in [6.45, 7) is 2.27. The minimum atomic E-state index is -3.79. The van der Waals surface area contributed by atoms with E-state index in [-0.39, 0.29) is 38.3 Å². The number of amides is 2. The van der Waals surface area contributed by atoms with Crippen molar-refractivity contribution in [2.24, 2.45) is 11.7 Å². The Balaban J connectivity index is 1.27. The highest BCUT2D eigenvalue weighted by Crippen LogP contribution is 2.27. The third kappa shape index (κ3) is 10.5. The number of fused-ring (bicyclic) bond motifs is 1. The van der Waals surface area contributed by atoms with Crippen molar-refractivity contribution in [3.8, 4) is 0 Å². The number of carbonyl (C=O) groups excluding carboxylic acids is 3. The molecule has 2 fully saturated rings. The fourth-order valence-electron chi connectivity index (χ4n) is 7.19. The van der Waals surface area contributed by atoms with Crippen molar-refractivity contribution in [2.75, 3.05) is 25.9 Å². The molecule has 4 atom stereocenters. The van der Waals surface area contributed by atoms with E-state index in [9.17, 15) is 22.8 Å². The van der Waals surface area contributed by atoms with E-state index in [1.165, 1.54) is 4.90 Å². The lowest BCUT2D eigenvalue weighted by Crippen LogP contribution is -2.55. The molecule has 2 aliphatic rings. The quantitative estimate of drug-likeness (QED) is 0.122. The molecule has 0 spiro atoms. The van der Waals surface area contributed by atoms with Crippen LogP contribution >= 0.6 is 11.6 Å². The number of hydrogen-bond donors (Lipinski definition) is 4. The first-order valence-electron chi connectivity index (χ1n) is 18.3. The number of halogens is 1. The lowest BCUT2D eigenvalue weighted by molar-refractivity contribution is -0.140. The molecule has 15 heteroatoms. The summed E-state index contributed by atoms with van der Waals surface area (Å²) in [4.78, 5) is 48.7. The molecule has 4 aromatic rings. The summed E-state index contributed by atoms with van der Waals surface area (Å²) in [5.41, 5.74) is 9.29. The van der Waals surface area contributed by atoms with Gasteiger partial charge in [-0.2, -0.15) is 0 Å². The average Bonchev–Trinajstić information content (AvgIpc) is 3.81. The third-order valence-corrected chi connectivity index (χ3v) is 11.0. The second-order valence-corrected chi connectivity index (χ2v) is 16.4. The predicted molar refractivity (Wildman–Crippen MR) is 205 cm³/mol. The van der Waals surface area contributed by atoms with E-state index in [0.29, 0.717) is 35.0 Å². The third-order valence-electron chi connectivity index (χ3n) is 10.0. The number of benzene rings is 3. The molecule has 54 heavy (non-hydrogen) atoms. The van der Waals surface area contributed by atoms with Crippen LogP contribution in [0.4, 0.5) is 0 Å². The van der Waals surface area contributed by atoms with Crippen molar-refractivity contribution in [1.82, 2.24) is 25.2 Å². The highest BCUT2D eigenvalue weighted by Gasteiger charge is 2.44. The van der Waals surface area contributed by atoms with Crippen molar-refractivity contribution in [3.63, 3.8) is 0 Å². The Kier molecular flexibility index (Phi) is 13.1. The van der Waals surface area contributed by atoms with E-state index in [0.717, 1.165) is 48.9 Å². The van der Waals surface area contributed by atoms with Crippen molar-refractivity contribution in [1.29, 1.82) is 0 Å². The Morgan fingerprint density at radius 3 is 2.48 bits per heavy atom. The zero-order valence-corrected chi connectivity index (χ0v) is 31.8. The van der Waals surface area contributed by atoms with Gasteiger partial charge < -0.3 is 30.4 Å². The van der Waals surface area contributed by atoms with Crippen LogP contribution in [0.5, 0.6) is 0 Å². The molecule has 5 N–H and O–H groups in total. The van der Waals surface area contributed by atoms with Gasteiger partial charge in [-0.05, 0) is 85.6 Å². The summed E-state index contributed by atoms with van der Waals surface area (Å²) in [7, 11) is -3.79. The van der Waals surface area contributed by atoms with Gasteiger partial charge in [0, 0.05) is 31.0 Å². The van der Waals surface area contributed by atoms with Crippen LogP contribution in [0.15, 0.2) is 77.2 Å². The van der Waals surface area contributed by atoms with Crippen molar-refractivity contribution in [2.45, 2.75) is 75.9 Å². The standard InChI is InChI=1S/C39H47ClN6O7S/c1-54(50,51)45-32(14-11-25-15-17-42-18-16-25)39(49)46-23-30(52-24-26-9-12-29(40)13-10-26)21-34(46)37(48)43-33(20-27-5-4-6-28(19-27)22-41)36(47)38-44-31-7-2-3-8-35(31)53-38/h2-10,12-13,19,25,30,32-34,42,45H,11,14-18,20-24,41H2,1H3,(H,43,48)/t30-,32-,33+,34+/m1/s1. The normalized spacial score (nSPS) is 19.1. The second kappa shape index (κ2) is 18.0. The Labute approximate surface area is 320 Å². The summed E-state index contributed by atoms with van der Waals surface area (Å²) in [5.74, 6) is -1.46. The van der Waals surface area contributed by atoms with E-state index >= 15 is 0 Å². The van der Waals surface area contributed by atoms with Crippen LogP contribution in [0.2, 0.25) is 5.02 Å². The summed E-state index contributed by atoms with van der Waals surface area (Å²) >= 11 is 6.07. The molecule has 0 unspecified atom stereocenters. The van der Waals surface area contributed by atoms with Gasteiger partial charge in [-0.3, -0.25) is 14.4 Å². The Morgan fingerprint density at radius 2 is 1.76 bits per heavy atom. The number of Topliss-reactive ketones (excluding diaryl/α,β-unsaturated/α-hetero) is 1. The highest BCUT2D eigenvalue weighted by molar-refractivity contribution is 7.88. The molecule has 3 aromatic carbocycles. The highest BCUT2D eigenvalue weighted by atomic mass is 35.5. The van der Waals surface area contributed by atoms with Crippen LogP contribution < -0.4 is 21.1 Å². The van der Waals surface area contributed by atoms with Crippen LogP contribution in [0, 0.1) is 5.92 Å². The second-order valence-electron chi connectivity index (χ2n) is 14.2. The summed E-state index contributed by atoms with van der Waals surface area (Å²) in [6, 6.07) is 18.3. The molecule has 6 rings (SSSR count). The maximum Gasteiger partial charge on any atom is 0.266 e. The first-order valence-corrected chi connectivity index (χ1v) is 20.5. The molecular formula is C39H47ClN6O7S. The number of aromatic nitrogens is 1. The number of nitrogens with zero attached hydrogens (tertiary/aromatic N) is 2. The molecule has 288 valence electrons. The number of oxazole rings is 1. The first-order chi connectivity index (χ1) is 26.0. The van der Waals surface area contributed by atoms with Gasteiger partial charge in [0.1, 0.15) is 23.6 Å². The number of ether oxygens (including phenoxy) is 1. The molecule has 2 amide bonds. The molecule has 0 radical (unpaired) electrons. The predicted octanol–water partition coefficient (Wildman–Crippen LogP) is 3.73. The number of nitrogens with one attached hydrogen (secondary N) is 3. The molecular weight excluding hydrogens is 732 g/mol. The molecule has 0 bridgehead atoms. The van der Waals surface area contributed by atoms with Crippen molar-refractivity contribution < 1.29 is 32.0 Å². The Bertz CT molecular complexity index is 2000.